The van der Waals surface area contributed by atoms with Gasteiger partial charge in [0.15, 0.2) is 0 Å². The third-order valence-electron chi connectivity index (χ3n) is 3.56. The summed E-state index contributed by atoms with van der Waals surface area (Å²) in [6.45, 7) is 4.78. The van der Waals surface area contributed by atoms with Gasteiger partial charge in [0.25, 0.3) is 11.8 Å². The predicted molar refractivity (Wildman–Crippen MR) is 112 cm³/mol. The Balaban J connectivity index is 1.81. The molecule has 0 heterocycles. The number of amides is 2. The van der Waals surface area contributed by atoms with Gasteiger partial charge in [-0.25, -0.2) is 0 Å². The molecule has 0 spiro atoms. The van der Waals surface area contributed by atoms with Crippen molar-refractivity contribution >= 4 is 57.0 Å². The molecule has 24 heavy (non-hydrogen) atoms. The Bertz CT molecular complexity index is 710. The van der Waals surface area contributed by atoms with E-state index in [1.54, 1.807) is 12.1 Å². The molecule has 4 nitrogen and oxygen atoms in total. The van der Waals surface area contributed by atoms with Gasteiger partial charge in [-0.1, -0.05) is 12.1 Å². The summed E-state index contributed by atoms with van der Waals surface area (Å²) in [5, 5.41) is 5.63. The number of aryl methyl sites for hydroxylation is 2. The molecule has 126 valence electrons. The molecule has 2 aromatic rings. The Morgan fingerprint density at radius 1 is 0.792 bits per heavy atom. The van der Waals surface area contributed by atoms with E-state index in [1.807, 2.05) is 38.1 Å². The van der Waals surface area contributed by atoms with E-state index in [2.05, 4.69) is 55.8 Å². The normalized spacial score (nSPS) is 10.3. The second kappa shape index (κ2) is 8.80. The Morgan fingerprint density at radius 2 is 1.17 bits per heavy atom. The van der Waals surface area contributed by atoms with Crippen LogP contribution >= 0.6 is 45.2 Å². The highest BCUT2D eigenvalue weighted by Gasteiger charge is 2.08. The van der Waals surface area contributed by atoms with Crippen LogP contribution in [0.3, 0.4) is 0 Å². The van der Waals surface area contributed by atoms with Gasteiger partial charge in [0.1, 0.15) is 0 Å². The second-order valence-corrected chi connectivity index (χ2v) is 7.76. The van der Waals surface area contributed by atoms with E-state index in [4.69, 9.17) is 0 Å². The molecule has 2 rings (SSSR count). The van der Waals surface area contributed by atoms with E-state index in [9.17, 15) is 9.59 Å². The summed E-state index contributed by atoms with van der Waals surface area (Å²) in [5.41, 5.74) is 3.55. The molecule has 2 amide bonds. The molecule has 0 aliphatic rings. The molecule has 0 saturated heterocycles. The fourth-order valence-electron chi connectivity index (χ4n) is 2.02. The molecule has 0 atom stereocenters. The van der Waals surface area contributed by atoms with Crippen LogP contribution in [-0.4, -0.2) is 24.9 Å². The zero-order valence-electron chi connectivity index (χ0n) is 13.5. The quantitative estimate of drug-likeness (QED) is 0.443. The number of benzene rings is 2. The number of carbonyl (C=O) groups is 2. The molecule has 0 aromatic heterocycles. The fourth-order valence-corrected chi connectivity index (χ4v) is 3.05. The third kappa shape index (κ3) is 5.17. The Kier molecular flexibility index (Phi) is 7.02. The van der Waals surface area contributed by atoms with Crippen molar-refractivity contribution in [3.8, 4) is 0 Å². The highest BCUT2D eigenvalue weighted by Crippen LogP contribution is 2.14. The van der Waals surface area contributed by atoms with Gasteiger partial charge in [0, 0.05) is 31.4 Å². The van der Waals surface area contributed by atoms with Crippen molar-refractivity contribution in [2.45, 2.75) is 13.8 Å². The molecule has 0 unspecified atom stereocenters. The first-order valence-corrected chi connectivity index (χ1v) is 9.63. The monoisotopic (exact) mass is 548 g/mol. The van der Waals surface area contributed by atoms with Gasteiger partial charge in [-0.05, 0) is 94.4 Å². The number of hydrogen-bond acceptors (Lipinski definition) is 2. The van der Waals surface area contributed by atoms with E-state index in [0.29, 0.717) is 24.2 Å². The van der Waals surface area contributed by atoms with E-state index < -0.39 is 0 Å². The van der Waals surface area contributed by atoms with E-state index in [0.717, 1.165) is 18.3 Å². The minimum absolute atomic E-state index is 0.132. The minimum atomic E-state index is -0.132. The van der Waals surface area contributed by atoms with Gasteiger partial charge >= 0.3 is 0 Å². The average Bonchev–Trinajstić information content (AvgIpc) is 2.56. The summed E-state index contributed by atoms with van der Waals surface area (Å²) in [4.78, 5) is 24.2. The number of carbonyl (C=O) groups excluding carboxylic acids is 2. The maximum atomic E-state index is 12.1. The molecule has 0 aliphatic carbocycles. The van der Waals surface area contributed by atoms with Crippen molar-refractivity contribution in [1.29, 1.82) is 0 Å². The summed E-state index contributed by atoms with van der Waals surface area (Å²) in [5.74, 6) is -0.265. The SMILES string of the molecule is Cc1ccc(C(=O)NCCNC(=O)c2ccc(C)c(I)c2)cc1I. The molecule has 0 bridgehead atoms. The zero-order valence-corrected chi connectivity index (χ0v) is 17.8. The Hall–Kier alpha value is -1.16. The second-order valence-electron chi connectivity index (χ2n) is 5.44. The number of hydrogen-bond donors (Lipinski definition) is 2. The molecular weight excluding hydrogens is 530 g/mol. The van der Waals surface area contributed by atoms with Gasteiger partial charge in [-0.3, -0.25) is 9.59 Å². The fraction of sp³-hybridized carbons (Fsp3) is 0.222. The lowest BCUT2D eigenvalue weighted by Gasteiger charge is -2.09. The Morgan fingerprint density at radius 3 is 1.50 bits per heavy atom. The first kappa shape index (κ1) is 19.2. The number of rotatable bonds is 5. The van der Waals surface area contributed by atoms with Crippen LogP contribution in [0.1, 0.15) is 31.8 Å². The van der Waals surface area contributed by atoms with Crippen LogP contribution in [0, 0.1) is 21.0 Å². The Labute approximate surface area is 169 Å². The van der Waals surface area contributed by atoms with E-state index in [1.165, 1.54) is 0 Å². The van der Waals surface area contributed by atoms with Gasteiger partial charge in [0.2, 0.25) is 0 Å². The largest absolute Gasteiger partial charge is 0.350 e. The molecule has 0 fully saturated rings. The minimum Gasteiger partial charge on any atom is -0.350 e. The summed E-state index contributed by atoms with van der Waals surface area (Å²) in [7, 11) is 0. The number of nitrogens with one attached hydrogen (secondary N) is 2. The van der Waals surface area contributed by atoms with Gasteiger partial charge in [-0.2, -0.15) is 0 Å². The highest BCUT2D eigenvalue weighted by atomic mass is 127. The summed E-state index contributed by atoms with van der Waals surface area (Å²) < 4.78 is 2.12. The van der Waals surface area contributed by atoms with Crippen molar-refractivity contribution in [3.05, 3.63) is 65.8 Å². The average molecular weight is 548 g/mol. The van der Waals surface area contributed by atoms with Crippen LogP contribution < -0.4 is 10.6 Å². The molecule has 2 aromatic carbocycles. The first-order valence-electron chi connectivity index (χ1n) is 7.47. The molecule has 0 radical (unpaired) electrons. The van der Waals surface area contributed by atoms with Crippen molar-refractivity contribution in [2.24, 2.45) is 0 Å². The first-order chi connectivity index (χ1) is 11.4. The van der Waals surface area contributed by atoms with Gasteiger partial charge < -0.3 is 10.6 Å². The van der Waals surface area contributed by atoms with Crippen molar-refractivity contribution in [1.82, 2.24) is 10.6 Å². The van der Waals surface area contributed by atoms with Gasteiger partial charge in [0.05, 0.1) is 0 Å². The van der Waals surface area contributed by atoms with E-state index >= 15 is 0 Å². The summed E-state index contributed by atoms with van der Waals surface area (Å²) in [6.07, 6.45) is 0. The maximum absolute atomic E-state index is 12.1. The van der Waals surface area contributed by atoms with Crippen molar-refractivity contribution in [2.75, 3.05) is 13.1 Å². The van der Waals surface area contributed by atoms with Crippen molar-refractivity contribution < 1.29 is 9.59 Å². The lowest BCUT2D eigenvalue weighted by atomic mass is 10.1. The number of halogens is 2. The molecule has 6 heteroatoms. The third-order valence-corrected chi connectivity index (χ3v) is 5.89. The summed E-state index contributed by atoms with van der Waals surface area (Å²) in [6, 6.07) is 11.2. The van der Waals surface area contributed by atoms with Crippen LogP contribution in [0.15, 0.2) is 36.4 Å². The predicted octanol–water partition coefficient (Wildman–Crippen LogP) is 3.67. The van der Waals surface area contributed by atoms with Crippen molar-refractivity contribution in [3.63, 3.8) is 0 Å². The summed E-state index contributed by atoms with van der Waals surface area (Å²) >= 11 is 4.42. The highest BCUT2D eigenvalue weighted by molar-refractivity contribution is 14.1. The maximum Gasteiger partial charge on any atom is 0.251 e. The topological polar surface area (TPSA) is 58.2 Å². The van der Waals surface area contributed by atoms with E-state index in [-0.39, 0.29) is 11.8 Å². The van der Waals surface area contributed by atoms with Crippen LogP contribution in [-0.2, 0) is 0 Å². The molecular formula is C18H18I2N2O2. The lowest BCUT2D eigenvalue weighted by molar-refractivity contribution is 0.0927. The molecule has 0 saturated carbocycles. The molecule has 2 N–H and O–H groups in total. The van der Waals surface area contributed by atoms with Gasteiger partial charge in [-0.15, -0.1) is 0 Å². The van der Waals surface area contributed by atoms with Crippen LogP contribution in [0.4, 0.5) is 0 Å². The van der Waals surface area contributed by atoms with Crippen LogP contribution in [0.25, 0.3) is 0 Å². The van der Waals surface area contributed by atoms with Crippen LogP contribution in [0.5, 0.6) is 0 Å². The molecule has 0 aliphatic heterocycles. The lowest BCUT2D eigenvalue weighted by Crippen LogP contribution is -2.34. The zero-order chi connectivity index (χ0) is 17.7. The smallest absolute Gasteiger partial charge is 0.251 e. The standard InChI is InChI=1S/C18H18I2N2O2/c1-11-3-5-13(9-15(11)19)17(23)21-7-8-22-18(24)14-6-4-12(2)16(20)10-14/h3-6,9-10H,7-8H2,1-2H3,(H,21,23)(H,22,24). The van der Waals surface area contributed by atoms with Crippen LogP contribution in [0.2, 0.25) is 0 Å².